The normalized spacial score (nSPS) is 12.2. The molecule has 30 heavy (non-hydrogen) atoms. The zero-order chi connectivity index (χ0) is 22.0. The van der Waals surface area contributed by atoms with Crippen molar-refractivity contribution in [3.05, 3.63) is 65.7 Å². The van der Waals surface area contributed by atoms with Gasteiger partial charge in [-0.3, -0.25) is 9.59 Å². The molecule has 0 aliphatic heterocycles. The molecule has 2 aromatic carbocycles. The summed E-state index contributed by atoms with van der Waals surface area (Å²) in [5, 5.41) is 5.41. The Balaban J connectivity index is 1.91. The first-order valence-electron chi connectivity index (χ1n) is 9.52. The molecule has 9 heteroatoms. The Hall–Kier alpha value is -2.36. The topological polar surface area (TPSA) is 104 Å². The van der Waals surface area contributed by atoms with Crippen LogP contribution in [-0.4, -0.2) is 51.4 Å². The molecule has 3 N–H and O–H groups in total. The predicted octanol–water partition coefficient (Wildman–Crippen LogP) is 1.94. The summed E-state index contributed by atoms with van der Waals surface area (Å²) in [6.07, 6.45) is 2.25. The van der Waals surface area contributed by atoms with E-state index in [-0.39, 0.29) is 23.9 Å². The third kappa shape index (κ3) is 7.47. The lowest BCUT2D eigenvalue weighted by Gasteiger charge is -2.18. The van der Waals surface area contributed by atoms with Gasteiger partial charge in [-0.25, -0.2) is 8.42 Å². The molecular weight excluding hydrogens is 422 g/mol. The Morgan fingerprint density at radius 1 is 0.967 bits per heavy atom. The van der Waals surface area contributed by atoms with Crippen molar-refractivity contribution in [2.45, 2.75) is 24.3 Å². The SMILES string of the molecule is CSCCC(NS(=O)(=O)c1ccc(C)cc1)C(=O)NCCNC(=O)c1ccccc1. The van der Waals surface area contributed by atoms with Crippen LogP contribution in [0.3, 0.4) is 0 Å². The zero-order valence-corrected chi connectivity index (χ0v) is 18.7. The molecule has 0 aromatic heterocycles. The van der Waals surface area contributed by atoms with Gasteiger partial charge >= 0.3 is 0 Å². The van der Waals surface area contributed by atoms with E-state index in [1.807, 2.05) is 19.2 Å². The molecule has 0 bridgehead atoms. The van der Waals surface area contributed by atoms with Crippen molar-refractivity contribution in [2.24, 2.45) is 0 Å². The molecule has 2 rings (SSSR count). The molecule has 0 heterocycles. The van der Waals surface area contributed by atoms with Crippen LogP contribution in [-0.2, 0) is 14.8 Å². The van der Waals surface area contributed by atoms with Gasteiger partial charge in [0.2, 0.25) is 15.9 Å². The lowest BCUT2D eigenvalue weighted by Crippen LogP contribution is -2.48. The first-order chi connectivity index (χ1) is 14.3. The van der Waals surface area contributed by atoms with Crippen LogP contribution < -0.4 is 15.4 Å². The number of rotatable bonds is 11. The maximum Gasteiger partial charge on any atom is 0.251 e. The largest absolute Gasteiger partial charge is 0.353 e. The van der Waals surface area contributed by atoms with Gasteiger partial charge in [-0.05, 0) is 49.6 Å². The molecule has 0 saturated heterocycles. The fourth-order valence-corrected chi connectivity index (χ4v) is 4.33. The number of carbonyl (C=O) groups excluding carboxylic acids is 2. The van der Waals surface area contributed by atoms with Gasteiger partial charge < -0.3 is 10.6 Å². The third-order valence-electron chi connectivity index (χ3n) is 4.30. The summed E-state index contributed by atoms with van der Waals surface area (Å²) < 4.78 is 27.8. The second-order valence-electron chi connectivity index (χ2n) is 6.68. The highest BCUT2D eigenvalue weighted by Crippen LogP contribution is 2.12. The van der Waals surface area contributed by atoms with E-state index in [9.17, 15) is 18.0 Å². The number of aryl methyl sites for hydroxylation is 1. The molecule has 2 amide bonds. The van der Waals surface area contributed by atoms with Crippen LogP contribution in [0.25, 0.3) is 0 Å². The minimum absolute atomic E-state index is 0.116. The van der Waals surface area contributed by atoms with Crippen molar-refractivity contribution < 1.29 is 18.0 Å². The molecule has 162 valence electrons. The van der Waals surface area contributed by atoms with E-state index in [2.05, 4.69) is 15.4 Å². The second-order valence-corrected chi connectivity index (χ2v) is 9.38. The van der Waals surface area contributed by atoms with E-state index in [0.717, 1.165) is 5.56 Å². The van der Waals surface area contributed by atoms with E-state index in [1.165, 1.54) is 23.9 Å². The first-order valence-corrected chi connectivity index (χ1v) is 12.4. The van der Waals surface area contributed by atoms with Gasteiger partial charge in [0, 0.05) is 18.7 Å². The van der Waals surface area contributed by atoms with E-state index in [4.69, 9.17) is 0 Å². The van der Waals surface area contributed by atoms with E-state index in [0.29, 0.717) is 17.7 Å². The molecule has 0 aliphatic rings. The van der Waals surface area contributed by atoms with Crippen molar-refractivity contribution in [3.8, 4) is 0 Å². The summed E-state index contributed by atoms with van der Waals surface area (Å²) >= 11 is 1.53. The molecule has 1 unspecified atom stereocenters. The maximum absolute atomic E-state index is 12.6. The number of thioether (sulfide) groups is 1. The number of carbonyl (C=O) groups is 2. The number of hydrogen-bond acceptors (Lipinski definition) is 5. The molecule has 0 fully saturated rings. The maximum atomic E-state index is 12.6. The summed E-state index contributed by atoms with van der Waals surface area (Å²) in [5.74, 6) is -0.0308. The van der Waals surface area contributed by atoms with Crippen molar-refractivity contribution in [1.29, 1.82) is 0 Å². The minimum Gasteiger partial charge on any atom is -0.353 e. The molecule has 7 nitrogen and oxygen atoms in total. The van der Waals surface area contributed by atoms with Gasteiger partial charge in [0.1, 0.15) is 6.04 Å². The summed E-state index contributed by atoms with van der Waals surface area (Å²) in [7, 11) is -3.82. The monoisotopic (exact) mass is 449 g/mol. The van der Waals surface area contributed by atoms with Crippen molar-refractivity contribution >= 4 is 33.6 Å². The second kappa shape index (κ2) is 11.7. The van der Waals surface area contributed by atoms with Crippen LogP contribution >= 0.6 is 11.8 Å². The molecule has 0 radical (unpaired) electrons. The first kappa shape index (κ1) is 23.9. The van der Waals surface area contributed by atoms with E-state index in [1.54, 1.807) is 36.4 Å². The average Bonchev–Trinajstić information content (AvgIpc) is 2.74. The average molecular weight is 450 g/mol. The highest BCUT2D eigenvalue weighted by molar-refractivity contribution is 7.98. The fourth-order valence-electron chi connectivity index (χ4n) is 2.63. The standard InChI is InChI=1S/C21H27N3O4S2/c1-16-8-10-18(11-9-16)30(27,28)24-19(12-15-29-2)21(26)23-14-13-22-20(25)17-6-4-3-5-7-17/h3-11,19,24H,12-15H2,1-2H3,(H,22,25)(H,23,26). The van der Waals surface area contributed by atoms with Crippen molar-refractivity contribution in [2.75, 3.05) is 25.1 Å². The Labute approximate surface area is 182 Å². The quantitative estimate of drug-likeness (QED) is 0.455. The van der Waals surface area contributed by atoms with E-state index < -0.39 is 22.0 Å². The van der Waals surface area contributed by atoms with Crippen LogP contribution in [0, 0.1) is 6.92 Å². The van der Waals surface area contributed by atoms with Gasteiger partial charge in [0.15, 0.2) is 0 Å². The fraction of sp³-hybridized carbons (Fsp3) is 0.333. The van der Waals surface area contributed by atoms with Gasteiger partial charge in [-0.1, -0.05) is 35.9 Å². The summed E-state index contributed by atoms with van der Waals surface area (Å²) in [6.45, 7) is 2.30. The molecule has 0 saturated carbocycles. The molecular formula is C21H27N3O4S2. The van der Waals surface area contributed by atoms with Crippen molar-refractivity contribution in [1.82, 2.24) is 15.4 Å². The van der Waals surface area contributed by atoms with Gasteiger partial charge in [-0.2, -0.15) is 16.5 Å². The Morgan fingerprint density at radius 2 is 1.60 bits per heavy atom. The van der Waals surface area contributed by atoms with Crippen LogP contribution in [0.1, 0.15) is 22.3 Å². The number of nitrogens with one attached hydrogen (secondary N) is 3. The van der Waals surface area contributed by atoms with Crippen molar-refractivity contribution in [3.63, 3.8) is 0 Å². The minimum atomic E-state index is -3.82. The summed E-state index contributed by atoms with van der Waals surface area (Å²) in [4.78, 5) is 24.7. The molecule has 2 aromatic rings. The predicted molar refractivity (Wildman–Crippen MR) is 120 cm³/mol. The molecule has 1 atom stereocenters. The lowest BCUT2D eigenvalue weighted by atomic mass is 10.2. The van der Waals surface area contributed by atoms with Crippen LogP contribution in [0.15, 0.2) is 59.5 Å². The highest BCUT2D eigenvalue weighted by atomic mass is 32.2. The van der Waals surface area contributed by atoms with Crippen LogP contribution in [0.2, 0.25) is 0 Å². The number of amides is 2. The van der Waals surface area contributed by atoms with Crippen LogP contribution in [0.5, 0.6) is 0 Å². The smallest absolute Gasteiger partial charge is 0.251 e. The van der Waals surface area contributed by atoms with Crippen LogP contribution in [0.4, 0.5) is 0 Å². The number of benzene rings is 2. The molecule has 0 aliphatic carbocycles. The highest BCUT2D eigenvalue weighted by Gasteiger charge is 2.25. The third-order valence-corrected chi connectivity index (χ3v) is 6.43. The van der Waals surface area contributed by atoms with E-state index >= 15 is 0 Å². The van der Waals surface area contributed by atoms with Gasteiger partial charge in [0.25, 0.3) is 5.91 Å². The zero-order valence-electron chi connectivity index (χ0n) is 17.1. The number of hydrogen-bond donors (Lipinski definition) is 3. The Bertz CT molecular complexity index is 932. The molecule has 0 spiro atoms. The summed E-state index contributed by atoms with van der Waals surface area (Å²) in [6, 6.07) is 14.3. The Kier molecular flexibility index (Phi) is 9.35. The summed E-state index contributed by atoms with van der Waals surface area (Å²) in [5.41, 5.74) is 1.48. The lowest BCUT2D eigenvalue weighted by molar-refractivity contribution is -0.122. The Morgan fingerprint density at radius 3 is 2.23 bits per heavy atom. The van der Waals surface area contributed by atoms with Gasteiger partial charge in [0.05, 0.1) is 4.90 Å². The number of sulfonamides is 1. The van der Waals surface area contributed by atoms with Gasteiger partial charge in [-0.15, -0.1) is 0 Å².